The van der Waals surface area contributed by atoms with Crippen LogP contribution in [0.25, 0.3) is 0 Å². The van der Waals surface area contributed by atoms with Crippen molar-refractivity contribution in [2.24, 2.45) is 5.73 Å². The third-order valence-electron chi connectivity index (χ3n) is 11.9. The first-order valence-electron chi connectivity index (χ1n) is 29.5. The van der Waals surface area contributed by atoms with Gasteiger partial charge in [0.25, 0.3) is 0 Å². The van der Waals surface area contributed by atoms with Crippen molar-refractivity contribution in [1.82, 2.24) is 19.6 Å². The van der Waals surface area contributed by atoms with Crippen molar-refractivity contribution in [2.75, 3.05) is 84.2 Å². The van der Waals surface area contributed by atoms with Gasteiger partial charge in [-0.15, -0.1) is 24.0 Å². The number of aliphatic hydroxyl groups excluding tert-OH is 2. The van der Waals surface area contributed by atoms with E-state index < -0.39 is 30.5 Å². The summed E-state index contributed by atoms with van der Waals surface area (Å²) in [5.41, 5.74) is 10.6. The first-order valence-corrected chi connectivity index (χ1v) is 31.8. The van der Waals surface area contributed by atoms with Gasteiger partial charge in [0.05, 0.1) is 94.4 Å². The fraction of sp³-hybridized carbons (Fsp3) is 0.515. The topological polar surface area (TPSA) is 271 Å². The summed E-state index contributed by atoms with van der Waals surface area (Å²) in [7, 11) is -3.08. The van der Waals surface area contributed by atoms with Gasteiger partial charge in [-0.05, 0) is 104 Å². The van der Waals surface area contributed by atoms with Crippen LogP contribution in [-0.2, 0) is 37.4 Å². The quantitative estimate of drug-likeness (QED) is 0.0414. The highest BCUT2D eigenvalue weighted by Crippen LogP contribution is 2.47. The monoisotopic (exact) mass is 1300 g/mol. The first kappa shape index (κ1) is 80.6. The number of nitriles is 2. The molecular formula is C66H96Cl2N7O13P. The van der Waals surface area contributed by atoms with Crippen molar-refractivity contribution in [1.29, 1.82) is 10.5 Å². The van der Waals surface area contributed by atoms with E-state index in [1.165, 1.54) is 27.0 Å². The summed E-state index contributed by atoms with van der Waals surface area (Å²) in [6, 6.07) is 45.2. The molecule has 5 heterocycles. The molecule has 9 rings (SSSR count). The maximum atomic E-state index is 11.4. The molecule has 5 aliphatic heterocycles. The van der Waals surface area contributed by atoms with Crippen LogP contribution in [0.15, 0.2) is 133 Å². The Hall–Kier alpha value is -6.39. The number of hydrogen-bond donors (Lipinski definition) is 3. The number of amides is 3. The van der Waals surface area contributed by atoms with E-state index in [9.17, 15) is 28.8 Å². The molecule has 0 radical (unpaired) electrons. The van der Waals surface area contributed by atoms with Crippen LogP contribution in [0.2, 0.25) is 0 Å². The zero-order chi connectivity index (χ0) is 66.1. The van der Waals surface area contributed by atoms with Gasteiger partial charge in [-0.25, -0.2) is 14.4 Å². The van der Waals surface area contributed by atoms with E-state index in [0.717, 1.165) is 36.4 Å². The van der Waals surface area contributed by atoms with Gasteiger partial charge in [0.1, 0.15) is 23.0 Å². The lowest BCUT2D eigenvalue weighted by Gasteiger charge is -2.42. The standard InChI is InChI=1S/C16H17NO.C13H13N.C10H14N2O2.C8H15NO3.C8H13NO3.C6H12NO3P.C3H5ClO.C2H6.ClH/c18-15-11-17(12-15)16(13-7-3-1-4-8-13)14-9-5-2-6-10-14;14-13(11-7-3-1-4-8-11)12-9-5-2-6-10-12;1-10(2,3)14-9(13)12-6-8(7-12)4-5-11;2*1-8(2,3)12-7(11)9-4-6(10)5-9;1-3-9-11(8,6-5-7)10-4-2;4-1-3-2-5-3;1-2;/h1-10,15-16,18H,11-12H2;1-10,13H,14H2;4H,6-7H2,1-3H3;6,10H,4-5H2,1-3H3;4-5H2,1-3H3;3-4,6H2,1-2H3;3H,1-2H2;1-2H3;1H. The number of halogens is 2. The summed E-state index contributed by atoms with van der Waals surface area (Å²) in [6.07, 6.45) is 0.117. The number of alkyl halides is 1. The fourth-order valence-corrected chi connectivity index (χ4v) is 9.11. The second-order valence-electron chi connectivity index (χ2n) is 23.2. The number of β-amino-alcohol motifs (C(OH)–C–C–N with tert-alkyl or cyclic N) is 2. The normalized spacial score (nSPS) is 15.7. The lowest BCUT2D eigenvalue weighted by Crippen LogP contribution is -2.54. The number of rotatable bonds is 11. The Morgan fingerprint density at radius 3 is 1.25 bits per heavy atom. The number of carbonyl (C=O) groups excluding carboxylic acids is 4. The molecule has 0 saturated carbocycles. The molecule has 23 heteroatoms. The zero-order valence-electron chi connectivity index (χ0n) is 54.1. The first-order chi connectivity index (χ1) is 41.5. The molecule has 5 fully saturated rings. The second-order valence-corrected chi connectivity index (χ2v) is 25.5. The predicted molar refractivity (Wildman–Crippen MR) is 350 cm³/mol. The van der Waals surface area contributed by atoms with Crippen molar-refractivity contribution in [3.8, 4) is 12.1 Å². The lowest BCUT2D eigenvalue weighted by atomic mass is 9.94. The number of aliphatic hydroxyl groups is 2. The number of carbonyl (C=O) groups is 4. The number of nitrogens with zero attached hydrogens (tertiary/aromatic N) is 6. The molecule has 0 bridgehead atoms. The number of nitrogens with two attached hydrogens (primary N) is 1. The molecule has 0 aromatic heterocycles. The summed E-state index contributed by atoms with van der Waals surface area (Å²) < 4.78 is 40.9. The molecule has 4 N–H and O–H groups in total. The number of epoxide rings is 1. The molecule has 1 unspecified atom stereocenters. The summed E-state index contributed by atoms with van der Waals surface area (Å²) >= 11 is 5.27. The van der Waals surface area contributed by atoms with Gasteiger partial charge >= 0.3 is 25.9 Å². The van der Waals surface area contributed by atoms with Gasteiger partial charge in [-0.2, -0.15) is 10.5 Å². The molecule has 4 aromatic rings. The number of ether oxygens (including phenoxy) is 4. The van der Waals surface area contributed by atoms with Crippen molar-refractivity contribution in [2.45, 2.75) is 137 Å². The van der Waals surface area contributed by atoms with Crippen LogP contribution in [0.3, 0.4) is 0 Å². The molecule has 5 aliphatic rings. The smallest absolute Gasteiger partial charge is 0.411 e. The maximum absolute atomic E-state index is 11.4. The van der Waals surface area contributed by atoms with Gasteiger partial charge < -0.3 is 53.7 Å². The highest BCUT2D eigenvalue weighted by atomic mass is 35.5. The van der Waals surface area contributed by atoms with E-state index in [4.69, 9.17) is 61.0 Å². The SMILES string of the molecule is CC.CC(C)(C)OC(=O)N1CC(=CC#N)C1.CC(C)(C)OC(=O)N1CC(=O)C1.CC(C)(C)OC(=O)N1CC(O)C1.CCOP(=O)(CC#N)OCC.Cl.ClCC1CO1.NC(c1ccccc1)c1ccccc1.OC1CN(C(c2ccccc2)c2ccccc2)C1. The van der Waals surface area contributed by atoms with Crippen LogP contribution in [0.4, 0.5) is 14.4 Å². The fourth-order valence-electron chi connectivity index (χ4n) is 7.71. The third kappa shape index (κ3) is 33.3. The minimum absolute atomic E-state index is 0. The molecule has 492 valence electrons. The van der Waals surface area contributed by atoms with Gasteiger partial charge in [-0.1, -0.05) is 135 Å². The molecule has 89 heavy (non-hydrogen) atoms. The lowest BCUT2D eigenvalue weighted by molar-refractivity contribution is -0.128. The Balaban J connectivity index is 0.000000525. The maximum Gasteiger partial charge on any atom is 0.411 e. The summed E-state index contributed by atoms with van der Waals surface area (Å²) in [5, 5.41) is 35.1. The minimum Gasteiger partial charge on any atom is -0.444 e. The largest absolute Gasteiger partial charge is 0.444 e. The Labute approximate surface area is 539 Å². The molecular weight excluding hydrogens is 1200 g/mol. The zero-order valence-corrected chi connectivity index (χ0v) is 56.5. The van der Waals surface area contributed by atoms with Gasteiger partial charge in [0.15, 0.2) is 5.78 Å². The van der Waals surface area contributed by atoms with Crippen molar-refractivity contribution >= 4 is 55.7 Å². The van der Waals surface area contributed by atoms with E-state index in [-0.39, 0.29) is 73.9 Å². The Morgan fingerprint density at radius 1 is 0.640 bits per heavy atom. The predicted octanol–water partition coefficient (Wildman–Crippen LogP) is 12.1. The Kier molecular flexibility index (Phi) is 37.2. The Morgan fingerprint density at radius 2 is 0.978 bits per heavy atom. The third-order valence-corrected chi connectivity index (χ3v) is 14.1. The van der Waals surface area contributed by atoms with Crippen molar-refractivity contribution in [3.05, 3.63) is 155 Å². The summed E-state index contributed by atoms with van der Waals surface area (Å²) in [4.78, 5) is 51.0. The molecule has 20 nitrogen and oxygen atoms in total. The molecule has 3 amide bonds. The van der Waals surface area contributed by atoms with Gasteiger partial charge in [-0.3, -0.25) is 19.2 Å². The minimum atomic E-state index is -3.08. The number of benzene rings is 4. The second kappa shape index (κ2) is 41.1. The number of likely N-dealkylation sites (tertiary alicyclic amines) is 4. The average Bonchev–Trinajstić information content (AvgIpc) is 2.30. The average molecular weight is 1300 g/mol. The van der Waals surface area contributed by atoms with Crippen molar-refractivity contribution in [3.63, 3.8) is 0 Å². The van der Waals surface area contributed by atoms with E-state index in [1.807, 2.05) is 110 Å². The van der Waals surface area contributed by atoms with Gasteiger partial charge in [0, 0.05) is 32.3 Å². The molecule has 4 aromatic carbocycles. The molecule has 5 saturated heterocycles. The number of ketones is 1. The number of hydrogen-bond acceptors (Lipinski definition) is 17. The number of Topliss-reactive ketones (excluding diaryl/α,β-unsaturated/α-hetero) is 1. The van der Waals surface area contributed by atoms with E-state index in [1.54, 1.807) is 45.6 Å². The van der Waals surface area contributed by atoms with Crippen molar-refractivity contribution < 1.29 is 62.0 Å². The summed E-state index contributed by atoms with van der Waals surface area (Å²) in [6.45, 7) is 29.0. The van der Waals surface area contributed by atoms with Crippen LogP contribution in [0.1, 0.15) is 124 Å². The van der Waals surface area contributed by atoms with E-state index in [0.29, 0.717) is 51.4 Å². The highest BCUT2D eigenvalue weighted by molar-refractivity contribution is 7.54. The van der Waals surface area contributed by atoms with Crippen LogP contribution >= 0.6 is 31.6 Å². The molecule has 0 spiro atoms. The number of allylic oxidation sites excluding steroid dienone is 1. The van der Waals surface area contributed by atoms with Crippen LogP contribution in [-0.4, -0.2) is 173 Å². The highest BCUT2D eigenvalue weighted by Gasteiger charge is 2.35. The van der Waals surface area contributed by atoms with E-state index >= 15 is 0 Å². The molecule has 0 aliphatic carbocycles. The van der Waals surface area contributed by atoms with Crippen LogP contribution in [0.5, 0.6) is 0 Å². The summed E-state index contributed by atoms with van der Waals surface area (Å²) in [5.74, 6) is 0.751. The van der Waals surface area contributed by atoms with Gasteiger partial charge in [0.2, 0.25) is 0 Å². The van der Waals surface area contributed by atoms with Crippen LogP contribution in [0, 0.1) is 22.7 Å². The molecule has 1 atom stereocenters. The Bertz CT molecular complexity index is 2730. The van der Waals surface area contributed by atoms with E-state index in [2.05, 4.69) is 77.7 Å². The van der Waals surface area contributed by atoms with Crippen LogP contribution < -0.4 is 5.73 Å².